The zero-order valence-corrected chi connectivity index (χ0v) is 13.8. The quantitative estimate of drug-likeness (QED) is 0.828. The third-order valence-corrected chi connectivity index (χ3v) is 4.28. The smallest absolute Gasteiger partial charge is 0.120 e. The Balaban J connectivity index is 3.09. The van der Waals surface area contributed by atoms with Crippen LogP contribution in [-0.2, 0) is 0 Å². The molecule has 2 N–H and O–H groups in total. The van der Waals surface area contributed by atoms with E-state index >= 15 is 0 Å². The summed E-state index contributed by atoms with van der Waals surface area (Å²) in [5, 5.41) is 0. The van der Waals surface area contributed by atoms with Crippen LogP contribution in [0.2, 0.25) is 0 Å². The van der Waals surface area contributed by atoms with Crippen molar-refractivity contribution >= 4 is 0 Å². The minimum absolute atomic E-state index is 0.0174. The monoisotopic (exact) mass is 278 g/mol. The number of rotatable bonds is 7. The Bertz CT molecular complexity index is 411. The maximum absolute atomic E-state index is 6.60. The van der Waals surface area contributed by atoms with Gasteiger partial charge in [0.1, 0.15) is 5.75 Å². The number of nitrogens with zero attached hydrogens (tertiary/aromatic N) is 1. The van der Waals surface area contributed by atoms with Crippen LogP contribution in [0, 0.1) is 0 Å². The van der Waals surface area contributed by atoms with E-state index in [0.29, 0.717) is 0 Å². The highest BCUT2D eigenvalue weighted by atomic mass is 16.5. The van der Waals surface area contributed by atoms with E-state index in [-0.39, 0.29) is 17.7 Å². The van der Waals surface area contributed by atoms with Gasteiger partial charge in [-0.25, -0.2) is 0 Å². The van der Waals surface area contributed by atoms with Crippen LogP contribution in [0.15, 0.2) is 24.3 Å². The second-order valence-corrected chi connectivity index (χ2v) is 5.92. The first kappa shape index (κ1) is 17.0. The van der Waals surface area contributed by atoms with Gasteiger partial charge < -0.3 is 15.4 Å². The van der Waals surface area contributed by atoms with Crippen LogP contribution >= 0.6 is 0 Å². The van der Waals surface area contributed by atoms with E-state index < -0.39 is 0 Å². The Morgan fingerprint density at radius 3 is 2.25 bits per heavy atom. The van der Waals surface area contributed by atoms with Gasteiger partial charge in [0.05, 0.1) is 6.10 Å². The number of hydrogen-bond donors (Lipinski definition) is 1. The van der Waals surface area contributed by atoms with Crippen molar-refractivity contribution in [3.8, 4) is 5.75 Å². The van der Waals surface area contributed by atoms with Crippen molar-refractivity contribution in [1.29, 1.82) is 0 Å². The molecule has 0 radical (unpaired) electrons. The molecule has 114 valence electrons. The predicted octanol–water partition coefficient (Wildman–Crippen LogP) is 3.59. The van der Waals surface area contributed by atoms with Crippen LogP contribution in [0.4, 0.5) is 0 Å². The lowest BCUT2D eigenvalue weighted by Crippen LogP contribution is -2.51. The highest BCUT2D eigenvalue weighted by Crippen LogP contribution is 2.35. The summed E-state index contributed by atoms with van der Waals surface area (Å²) >= 11 is 0. The standard InChI is InChI=1S/C17H30N2O/c1-7-17(8-2,19(5)6)16(18)14-10-9-11-15(12-14)20-13(3)4/h9-13,16H,7-8,18H2,1-6H3. The molecule has 0 saturated carbocycles. The molecule has 0 fully saturated rings. The third kappa shape index (κ3) is 3.53. The Kier molecular flexibility index (Phi) is 6.03. The summed E-state index contributed by atoms with van der Waals surface area (Å²) < 4.78 is 5.78. The molecule has 1 atom stereocenters. The lowest BCUT2D eigenvalue weighted by molar-refractivity contribution is 0.105. The van der Waals surface area contributed by atoms with Crippen molar-refractivity contribution in [1.82, 2.24) is 4.90 Å². The topological polar surface area (TPSA) is 38.5 Å². The van der Waals surface area contributed by atoms with Gasteiger partial charge in [0, 0.05) is 11.6 Å². The van der Waals surface area contributed by atoms with Gasteiger partial charge in [0.15, 0.2) is 0 Å². The first-order valence-electron chi connectivity index (χ1n) is 7.57. The zero-order chi connectivity index (χ0) is 15.3. The number of benzene rings is 1. The fraction of sp³-hybridized carbons (Fsp3) is 0.647. The van der Waals surface area contributed by atoms with Gasteiger partial charge in [-0.15, -0.1) is 0 Å². The number of ether oxygens (including phenoxy) is 1. The fourth-order valence-corrected chi connectivity index (χ4v) is 2.96. The van der Waals surface area contributed by atoms with Crippen molar-refractivity contribution in [2.45, 2.75) is 58.2 Å². The van der Waals surface area contributed by atoms with Crippen LogP contribution in [0.25, 0.3) is 0 Å². The number of likely N-dealkylation sites (N-methyl/N-ethyl adjacent to an activating group) is 1. The van der Waals surface area contributed by atoms with E-state index in [4.69, 9.17) is 10.5 Å². The molecular formula is C17H30N2O. The molecule has 20 heavy (non-hydrogen) atoms. The average Bonchev–Trinajstić information content (AvgIpc) is 2.39. The van der Waals surface area contributed by atoms with Gasteiger partial charge in [-0.2, -0.15) is 0 Å². The van der Waals surface area contributed by atoms with E-state index in [1.807, 2.05) is 26.0 Å². The van der Waals surface area contributed by atoms with Crippen LogP contribution in [-0.4, -0.2) is 30.6 Å². The molecule has 0 heterocycles. The van der Waals surface area contributed by atoms with Crippen molar-refractivity contribution in [3.63, 3.8) is 0 Å². The lowest BCUT2D eigenvalue weighted by atomic mass is 9.80. The molecule has 0 aliphatic rings. The maximum Gasteiger partial charge on any atom is 0.120 e. The fourth-order valence-electron chi connectivity index (χ4n) is 2.96. The minimum Gasteiger partial charge on any atom is -0.491 e. The molecule has 3 heteroatoms. The molecule has 0 aliphatic heterocycles. The molecule has 0 amide bonds. The summed E-state index contributed by atoms with van der Waals surface area (Å²) in [7, 11) is 4.22. The summed E-state index contributed by atoms with van der Waals surface area (Å²) in [6.07, 6.45) is 2.22. The summed E-state index contributed by atoms with van der Waals surface area (Å²) in [6.45, 7) is 8.49. The summed E-state index contributed by atoms with van der Waals surface area (Å²) in [5.74, 6) is 0.896. The molecule has 0 spiro atoms. The highest BCUT2D eigenvalue weighted by Gasteiger charge is 2.36. The van der Waals surface area contributed by atoms with E-state index in [1.54, 1.807) is 0 Å². The normalized spacial score (nSPS) is 13.8. The van der Waals surface area contributed by atoms with Crippen LogP contribution < -0.4 is 10.5 Å². The molecular weight excluding hydrogens is 248 g/mol. The molecule has 0 aliphatic carbocycles. The largest absolute Gasteiger partial charge is 0.491 e. The van der Waals surface area contributed by atoms with E-state index in [0.717, 1.165) is 24.2 Å². The molecule has 0 bridgehead atoms. The van der Waals surface area contributed by atoms with Gasteiger partial charge >= 0.3 is 0 Å². The van der Waals surface area contributed by atoms with E-state index in [9.17, 15) is 0 Å². The van der Waals surface area contributed by atoms with Gasteiger partial charge in [-0.3, -0.25) is 0 Å². The average molecular weight is 278 g/mol. The molecule has 1 unspecified atom stereocenters. The van der Waals surface area contributed by atoms with Crippen LogP contribution in [0.1, 0.15) is 52.1 Å². The summed E-state index contributed by atoms with van der Waals surface area (Å²) in [5.41, 5.74) is 7.72. The molecule has 1 aromatic carbocycles. The Labute approximate surface area is 124 Å². The molecule has 3 nitrogen and oxygen atoms in total. The van der Waals surface area contributed by atoms with Gasteiger partial charge in [-0.05, 0) is 58.5 Å². The van der Waals surface area contributed by atoms with Crippen molar-refractivity contribution < 1.29 is 4.74 Å². The van der Waals surface area contributed by atoms with Crippen molar-refractivity contribution in [2.24, 2.45) is 5.73 Å². The molecule has 1 aromatic rings. The predicted molar refractivity (Wildman–Crippen MR) is 86.1 cm³/mol. The highest BCUT2D eigenvalue weighted by molar-refractivity contribution is 5.32. The van der Waals surface area contributed by atoms with Crippen LogP contribution in [0.5, 0.6) is 5.75 Å². The number of hydrogen-bond acceptors (Lipinski definition) is 3. The molecule has 0 saturated heterocycles. The maximum atomic E-state index is 6.60. The Morgan fingerprint density at radius 2 is 1.80 bits per heavy atom. The SMILES string of the molecule is CCC(CC)(C(N)c1cccc(OC(C)C)c1)N(C)C. The van der Waals surface area contributed by atoms with Gasteiger partial charge in [0.2, 0.25) is 0 Å². The first-order valence-corrected chi connectivity index (χ1v) is 7.57. The van der Waals surface area contributed by atoms with Gasteiger partial charge in [0.25, 0.3) is 0 Å². The van der Waals surface area contributed by atoms with Gasteiger partial charge in [-0.1, -0.05) is 26.0 Å². The van der Waals surface area contributed by atoms with Crippen molar-refractivity contribution in [3.05, 3.63) is 29.8 Å². The Morgan fingerprint density at radius 1 is 1.20 bits per heavy atom. The second kappa shape index (κ2) is 7.09. The van der Waals surface area contributed by atoms with E-state index in [2.05, 4.69) is 45.0 Å². The summed E-state index contributed by atoms with van der Waals surface area (Å²) in [4.78, 5) is 2.26. The third-order valence-electron chi connectivity index (χ3n) is 4.28. The minimum atomic E-state index is -0.0248. The molecule has 1 rings (SSSR count). The van der Waals surface area contributed by atoms with E-state index in [1.165, 1.54) is 0 Å². The lowest BCUT2D eigenvalue weighted by Gasteiger charge is -2.43. The zero-order valence-electron chi connectivity index (χ0n) is 13.8. The Hall–Kier alpha value is -1.06. The molecule has 0 aromatic heterocycles. The first-order chi connectivity index (χ1) is 9.37. The summed E-state index contributed by atoms with van der Waals surface area (Å²) in [6, 6.07) is 8.17. The number of nitrogens with two attached hydrogens (primary N) is 1. The van der Waals surface area contributed by atoms with Crippen LogP contribution in [0.3, 0.4) is 0 Å². The van der Waals surface area contributed by atoms with Crippen molar-refractivity contribution in [2.75, 3.05) is 14.1 Å². The second-order valence-electron chi connectivity index (χ2n) is 5.92.